The van der Waals surface area contributed by atoms with Gasteiger partial charge in [0.15, 0.2) is 11.6 Å². The lowest BCUT2D eigenvalue weighted by Crippen LogP contribution is -2.14. The van der Waals surface area contributed by atoms with E-state index in [1.807, 2.05) is 0 Å². The van der Waals surface area contributed by atoms with Gasteiger partial charge in [-0.05, 0) is 24.3 Å². The zero-order valence-electron chi connectivity index (χ0n) is 10.3. The second-order valence-corrected chi connectivity index (χ2v) is 3.93. The van der Waals surface area contributed by atoms with Crippen molar-refractivity contribution in [2.24, 2.45) is 0 Å². The minimum absolute atomic E-state index is 0.0312. The van der Waals surface area contributed by atoms with Gasteiger partial charge in [-0.3, -0.25) is 10.4 Å². The molecule has 0 fully saturated rings. The number of aromatic carboxylic acids is 1. The summed E-state index contributed by atoms with van der Waals surface area (Å²) in [6.07, 6.45) is 1.30. The van der Waals surface area contributed by atoms with E-state index in [0.29, 0.717) is 0 Å². The van der Waals surface area contributed by atoms with Crippen LogP contribution in [0.2, 0.25) is 0 Å². The van der Waals surface area contributed by atoms with Gasteiger partial charge in [0.2, 0.25) is 0 Å². The molecule has 0 saturated carbocycles. The third-order valence-corrected chi connectivity index (χ3v) is 2.52. The van der Waals surface area contributed by atoms with E-state index in [1.165, 1.54) is 36.5 Å². The molecule has 0 amide bonds. The predicted molar refractivity (Wildman–Crippen MR) is 69.9 cm³/mol. The number of hydrogen-bond acceptors (Lipinski definition) is 4. The summed E-state index contributed by atoms with van der Waals surface area (Å²) in [6.45, 7) is -0.197. The Kier molecular flexibility index (Phi) is 4.05. The standard InChI is InChI=1S/C14H11FN2O3/c15-10-3-1-2-4-13(10)20-8-11(16)12-7-9(14(18)19)5-6-17-12/h1-7,16H,8H2,(H,18,19). The maximum absolute atomic E-state index is 13.3. The van der Waals surface area contributed by atoms with E-state index in [4.69, 9.17) is 15.3 Å². The Morgan fingerprint density at radius 1 is 1.35 bits per heavy atom. The molecule has 6 heteroatoms. The van der Waals surface area contributed by atoms with Crippen LogP contribution in [0.15, 0.2) is 42.6 Å². The quantitative estimate of drug-likeness (QED) is 0.820. The van der Waals surface area contributed by atoms with Crippen LogP contribution in [0.1, 0.15) is 16.1 Å². The normalized spacial score (nSPS) is 10.1. The minimum Gasteiger partial charge on any atom is -0.484 e. The van der Waals surface area contributed by atoms with Crippen LogP contribution in [0.3, 0.4) is 0 Å². The Labute approximate surface area is 114 Å². The fourth-order valence-electron chi connectivity index (χ4n) is 1.51. The fraction of sp³-hybridized carbons (Fsp3) is 0.0714. The van der Waals surface area contributed by atoms with Crippen LogP contribution in [0, 0.1) is 11.2 Å². The molecule has 0 saturated heterocycles. The Hall–Kier alpha value is -2.76. The molecule has 0 aliphatic rings. The smallest absolute Gasteiger partial charge is 0.335 e. The topological polar surface area (TPSA) is 83.3 Å². The predicted octanol–water partition coefficient (Wildman–Crippen LogP) is 2.37. The monoisotopic (exact) mass is 274 g/mol. The molecule has 0 radical (unpaired) electrons. The molecule has 0 bridgehead atoms. The summed E-state index contributed by atoms with van der Waals surface area (Å²) < 4.78 is 18.5. The minimum atomic E-state index is -1.10. The summed E-state index contributed by atoms with van der Waals surface area (Å²) in [5, 5.41) is 16.6. The number of nitrogens with zero attached hydrogens (tertiary/aromatic N) is 1. The summed E-state index contributed by atoms with van der Waals surface area (Å²) in [6, 6.07) is 8.45. The number of hydrogen-bond donors (Lipinski definition) is 2. The van der Waals surface area contributed by atoms with E-state index in [-0.39, 0.29) is 29.3 Å². The van der Waals surface area contributed by atoms with Gasteiger partial charge in [-0.25, -0.2) is 9.18 Å². The van der Waals surface area contributed by atoms with Gasteiger partial charge in [0, 0.05) is 6.20 Å². The lowest BCUT2D eigenvalue weighted by Gasteiger charge is -2.08. The molecule has 1 aromatic carbocycles. The van der Waals surface area contributed by atoms with Crippen molar-refractivity contribution in [1.82, 2.24) is 4.98 Å². The molecule has 0 aliphatic heterocycles. The first kappa shape index (κ1) is 13.7. The van der Waals surface area contributed by atoms with Crippen molar-refractivity contribution in [3.05, 3.63) is 59.7 Å². The molecule has 2 aromatic rings. The highest BCUT2D eigenvalue weighted by Gasteiger charge is 2.10. The van der Waals surface area contributed by atoms with Crippen LogP contribution < -0.4 is 4.74 Å². The van der Waals surface area contributed by atoms with Crippen molar-refractivity contribution < 1.29 is 19.0 Å². The first-order valence-electron chi connectivity index (χ1n) is 5.72. The molecule has 5 nitrogen and oxygen atoms in total. The number of para-hydroxylation sites is 1. The van der Waals surface area contributed by atoms with E-state index in [9.17, 15) is 9.18 Å². The molecule has 0 atom stereocenters. The van der Waals surface area contributed by atoms with Crippen molar-refractivity contribution in [2.45, 2.75) is 0 Å². The lowest BCUT2D eigenvalue weighted by molar-refractivity contribution is 0.0696. The van der Waals surface area contributed by atoms with Crippen LogP contribution in [-0.4, -0.2) is 28.4 Å². The number of carbonyl (C=O) groups is 1. The van der Waals surface area contributed by atoms with E-state index in [1.54, 1.807) is 6.07 Å². The Morgan fingerprint density at radius 3 is 2.80 bits per heavy atom. The van der Waals surface area contributed by atoms with Crippen LogP contribution >= 0.6 is 0 Å². The van der Waals surface area contributed by atoms with Crippen molar-refractivity contribution in [3.63, 3.8) is 0 Å². The molecule has 1 aromatic heterocycles. The van der Waals surface area contributed by atoms with E-state index < -0.39 is 11.8 Å². The summed E-state index contributed by atoms with van der Waals surface area (Å²) in [4.78, 5) is 14.7. The SMILES string of the molecule is N=C(COc1ccccc1F)c1cc(C(=O)O)ccn1. The summed E-state index contributed by atoms with van der Waals surface area (Å²) in [7, 11) is 0. The number of aromatic nitrogens is 1. The average molecular weight is 274 g/mol. The van der Waals surface area contributed by atoms with Gasteiger partial charge in [-0.1, -0.05) is 12.1 Å². The number of nitrogens with one attached hydrogen (secondary N) is 1. The second-order valence-electron chi connectivity index (χ2n) is 3.93. The second kappa shape index (κ2) is 5.92. The van der Waals surface area contributed by atoms with E-state index in [2.05, 4.69) is 4.98 Å². The number of pyridine rings is 1. The van der Waals surface area contributed by atoms with Gasteiger partial charge in [0.05, 0.1) is 17.0 Å². The molecular weight excluding hydrogens is 263 g/mol. The molecule has 1 heterocycles. The Bertz CT molecular complexity index is 658. The van der Waals surface area contributed by atoms with Crippen LogP contribution in [-0.2, 0) is 0 Å². The van der Waals surface area contributed by atoms with Gasteiger partial charge >= 0.3 is 5.97 Å². The van der Waals surface area contributed by atoms with Crippen LogP contribution in [0.25, 0.3) is 0 Å². The number of rotatable bonds is 5. The van der Waals surface area contributed by atoms with Gasteiger partial charge in [-0.15, -0.1) is 0 Å². The number of halogens is 1. The third-order valence-electron chi connectivity index (χ3n) is 2.52. The maximum Gasteiger partial charge on any atom is 0.335 e. The molecule has 0 aliphatic carbocycles. The van der Waals surface area contributed by atoms with Crippen molar-refractivity contribution in [2.75, 3.05) is 6.61 Å². The summed E-state index contributed by atoms with van der Waals surface area (Å²) in [5.41, 5.74) is 0.184. The molecule has 0 spiro atoms. The fourth-order valence-corrected chi connectivity index (χ4v) is 1.51. The van der Waals surface area contributed by atoms with Crippen LogP contribution in [0.5, 0.6) is 5.75 Å². The van der Waals surface area contributed by atoms with Gasteiger partial charge in [0.25, 0.3) is 0 Å². The number of carboxylic acids is 1. The maximum atomic E-state index is 13.3. The molecule has 2 rings (SSSR count). The molecule has 20 heavy (non-hydrogen) atoms. The average Bonchev–Trinajstić information content (AvgIpc) is 2.46. The largest absolute Gasteiger partial charge is 0.484 e. The van der Waals surface area contributed by atoms with Crippen molar-refractivity contribution in [3.8, 4) is 5.75 Å². The Balaban J connectivity index is 2.07. The van der Waals surface area contributed by atoms with Crippen LogP contribution in [0.4, 0.5) is 4.39 Å². The number of carboxylic acid groups (broad SMARTS) is 1. The molecule has 0 unspecified atom stereocenters. The van der Waals surface area contributed by atoms with Crippen molar-refractivity contribution in [1.29, 1.82) is 5.41 Å². The Morgan fingerprint density at radius 2 is 2.10 bits per heavy atom. The molecule has 102 valence electrons. The zero-order chi connectivity index (χ0) is 14.5. The van der Waals surface area contributed by atoms with E-state index in [0.717, 1.165) is 0 Å². The first-order valence-corrected chi connectivity index (χ1v) is 5.72. The molecule has 2 N–H and O–H groups in total. The van der Waals surface area contributed by atoms with Gasteiger partial charge in [0.1, 0.15) is 6.61 Å². The third kappa shape index (κ3) is 3.17. The molecular formula is C14H11FN2O3. The lowest BCUT2D eigenvalue weighted by atomic mass is 10.2. The van der Waals surface area contributed by atoms with Gasteiger partial charge < -0.3 is 9.84 Å². The highest BCUT2D eigenvalue weighted by Crippen LogP contribution is 2.15. The zero-order valence-corrected chi connectivity index (χ0v) is 10.3. The summed E-state index contributed by atoms with van der Waals surface area (Å²) in [5.74, 6) is -1.59. The highest BCUT2D eigenvalue weighted by molar-refractivity contribution is 5.99. The number of ether oxygens (including phenoxy) is 1. The van der Waals surface area contributed by atoms with Gasteiger partial charge in [-0.2, -0.15) is 0 Å². The first-order chi connectivity index (χ1) is 9.58. The van der Waals surface area contributed by atoms with E-state index >= 15 is 0 Å². The summed E-state index contributed by atoms with van der Waals surface area (Å²) >= 11 is 0. The number of benzene rings is 1. The van der Waals surface area contributed by atoms with Crippen molar-refractivity contribution >= 4 is 11.7 Å². The highest BCUT2D eigenvalue weighted by atomic mass is 19.1.